The number of hydrogen-bond acceptors (Lipinski definition) is 4. The van der Waals surface area contributed by atoms with Crippen molar-refractivity contribution in [3.63, 3.8) is 0 Å². The lowest BCUT2D eigenvalue weighted by Gasteiger charge is -2.02. The quantitative estimate of drug-likeness (QED) is 0.463. The van der Waals surface area contributed by atoms with Crippen molar-refractivity contribution in [1.82, 2.24) is 0 Å². The highest BCUT2D eigenvalue weighted by atomic mass is 32.3. The van der Waals surface area contributed by atoms with Crippen LogP contribution in [0.2, 0.25) is 0 Å². The van der Waals surface area contributed by atoms with E-state index in [1.165, 1.54) is 0 Å². The summed E-state index contributed by atoms with van der Waals surface area (Å²) >= 11 is 0. The Labute approximate surface area is 65.9 Å². The molecule has 6 heteroatoms. The SMILES string of the molecule is CC(O)CCCOS(=O)(=O)O. The minimum absolute atomic E-state index is 0.0935. The van der Waals surface area contributed by atoms with E-state index in [0.717, 1.165) is 0 Å². The number of hydrogen-bond donors (Lipinski definition) is 2. The van der Waals surface area contributed by atoms with Crippen LogP contribution in [0.1, 0.15) is 19.8 Å². The predicted molar refractivity (Wildman–Crippen MR) is 38.4 cm³/mol. The van der Waals surface area contributed by atoms with Crippen molar-refractivity contribution in [1.29, 1.82) is 0 Å². The van der Waals surface area contributed by atoms with Crippen LogP contribution < -0.4 is 0 Å². The summed E-state index contributed by atoms with van der Waals surface area (Å²) in [5, 5.41) is 8.71. The molecule has 2 N–H and O–H groups in total. The van der Waals surface area contributed by atoms with Crippen LogP contribution in [0.25, 0.3) is 0 Å². The summed E-state index contributed by atoms with van der Waals surface area (Å²) in [5.41, 5.74) is 0. The third-order valence-electron chi connectivity index (χ3n) is 0.998. The second kappa shape index (κ2) is 4.66. The molecule has 1 unspecified atom stereocenters. The first-order chi connectivity index (χ1) is 4.92. The smallest absolute Gasteiger partial charge is 0.393 e. The third kappa shape index (κ3) is 9.83. The fourth-order valence-electron chi connectivity index (χ4n) is 0.543. The van der Waals surface area contributed by atoms with Crippen molar-refractivity contribution in [3.8, 4) is 0 Å². The average Bonchev–Trinajstić information content (AvgIpc) is 1.78. The standard InChI is InChI=1S/C5H12O5S/c1-5(6)3-2-4-10-11(7,8)9/h5-6H,2-4H2,1H3,(H,7,8,9). The lowest BCUT2D eigenvalue weighted by atomic mass is 10.2. The minimum Gasteiger partial charge on any atom is -0.393 e. The monoisotopic (exact) mass is 184 g/mol. The van der Waals surface area contributed by atoms with Gasteiger partial charge in [-0.05, 0) is 19.8 Å². The molecule has 0 bridgehead atoms. The second-order valence-corrected chi connectivity index (χ2v) is 3.33. The van der Waals surface area contributed by atoms with Crippen LogP contribution in [-0.4, -0.2) is 30.8 Å². The molecule has 0 aromatic heterocycles. The van der Waals surface area contributed by atoms with E-state index in [1.54, 1.807) is 6.92 Å². The molecule has 0 saturated heterocycles. The van der Waals surface area contributed by atoms with Crippen LogP contribution in [0.3, 0.4) is 0 Å². The first kappa shape index (κ1) is 10.8. The summed E-state index contributed by atoms with van der Waals surface area (Å²) < 4.78 is 32.0. The van der Waals surface area contributed by atoms with Gasteiger partial charge in [0.05, 0.1) is 12.7 Å². The van der Waals surface area contributed by atoms with Gasteiger partial charge in [0.15, 0.2) is 0 Å². The largest absolute Gasteiger partial charge is 0.397 e. The second-order valence-electron chi connectivity index (χ2n) is 2.24. The fraction of sp³-hybridized carbons (Fsp3) is 1.00. The van der Waals surface area contributed by atoms with E-state index in [-0.39, 0.29) is 6.61 Å². The van der Waals surface area contributed by atoms with Gasteiger partial charge in [-0.3, -0.25) is 4.55 Å². The Morgan fingerprint density at radius 1 is 1.55 bits per heavy atom. The Bertz CT molecular complexity index is 183. The maximum Gasteiger partial charge on any atom is 0.397 e. The molecule has 0 radical (unpaired) electrons. The number of rotatable bonds is 5. The first-order valence-corrected chi connectivity index (χ1v) is 4.58. The van der Waals surface area contributed by atoms with Crippen LogP contribution in [0.4, 0.5) is 0 Å². The summed E-state index contributed by atoms with van der Waals surface area (Å²) in [6.45, 7) is 1.50. The molecular formula is C5H12O5S. The highest BCUT2D eigenvalue weighted by Gasteiger charge is 2.03. The van der Waals surface area contributed by atoms with Gasteiger partial charge in [0.2, 0.25) is 0 Å². The lowest BCUT2D eigenvalue weighted by molar-refractivity contribution is 0.168. The predicted octanol–water partition coefficient (Wildman–Crippen LogP) is -0.0332. The van der Waals surface area contributed by atoms with Crippen LogP contribution in [-0.2, 0) is 14.6 Å². The van der Waals surface area contributed by atoms with Crippen molar-refractivity contribution in [2.24, 2.45) is 0 Å². The van der Waals surface area contributed by atoms with Gasteiger partial charge in [-0.15, -0.1) is 0 Å². The van der Waals surface area contributed by atoms with Crippen LogP contribution in [0.5, 0.6) is 0 Å². The Hall–Kier alpha value is -0.170. The van der Waals surface area contributed by atoms with Gasteiger partial charge in [-0.1, -0.05) is 0 Å². The van der Waals surface area contributed by atoms with Crippen molar-refractivity contribution < 1.29 is 22.3 Å². The molecule has 0 rings (SSSR count). The van der Waals surface area contributed by atoms with E-state index < -0.39 is 16.5 Å². The van der Waals surface area contributed by atoms with E-state index in [1.807, 2.05) is 0 Å². The zero-order valence-electron chi connectivity index (χ0n) is 6.23. The molecule has 0 aromatic rings. The van der Waals surface area contributed by atoms with E-state index >= 15 is 0 Å². The molecule has 0 aliphatic rings. The zero-order valence-corrected chi connectivity index (χ0v) is 7.04. The Balaban J connectivity index is 3.30. The van der Waals surface area contributed by atoms with Gasteiger partial charge in [0, 0.05) is 0 Å². The third-order valence-corrected chi connectivity index (χ3v) is 1.46. The molecule has 0 fully saturated rings. The molecule has 0 saturated carbocycles. The van der Waals surface area contributed by atoms with Gasteiger partial charge in [-0.25, -0.2) is 4.18 Å². The summed E-state index contributed by atoms with van der Waals surface area (Å²) in [6, 6.07) is 0. The van der Waals surface area contributed by atoms with E-state index in [9.17, 15) is 8.42 Å². The van der Waals surface area contributed by atoms with Crippen LogP contribution in [0.15, 0.2) is 0 Å². The molecule has 0 heterocycles. The zero-order chi connectivity index (χ0) is 8.91. The topological polar surface area (TPSA) is 83.8 Å². The van der Waals surface area contributed by atoms with E-state index in [4.69, 9.17) is 9.66 Å². The Morgan fingerprint density at radius 2 is 2.09 bits per heavy atom. The molecular weight excluding hydrogens is 172 g/mol. The first-order valence-electron chi connectivity index (χ1n) is 3.22. The van der Waals surface area contributed by atoms with Crippen LogP contribution in [0, 0.1) is 0 Å². The van der Waals surface area contributed by atoms with Gasteiger partial charge >= 0.3 is 10.4 Å². The summed E-state index contributed by atoms with van der Waals surface area (Å²) in [4.78, 5) is 0. The molecule has 0 aromatic carbocycles. The summed E-state index contributed by atoms with van der Waals surface area (Å²) in [7, 11) is -4.30. The molecule has 1 atom stereocenters. The fourth-order valence-corrected chi connectivity index (χ4v) is 0.871. The van der Waals surface area contributed by atoms with Crippen molar-refractivity contribution >= 4 is 10.4 Å². The van der Waals surface area contributed by atoms with Crippen LogP contribution >= 0.6 is 0 Å². The van der Waals surface area contributed by atoms with Gasteiger partial charge < -0.3 is 5.11 Å². The maximum atomic E-state index is 9.95. The van der Waals surface area contributed by atoms with Gasteiger partial charge in [0.1, 0.15) is 0 Å². The normalized spacial score (nSPS) is 14.8. The number of aliphatic hydroxyl groups excluding tert-OH is 1. The minimum atomic E-state index is -4.30. The molecule has 5 nitrogen and oxygen atoms in total. The maximum absolute atomic E-state index is 9.95. The Morgan fingerprint density at radius 3 is 2.45 bits per heavy atom. The molecule has 68 valence electrons. The van der Waals surface area contributed by atoms with E-state index in [0.29, 0.717) is 12.8 Å². The average molecular weight is 184 g/mol. The highest BCUT2D eigenvalue weighted by Crippen LogP contribution is 1.97. The molecule has 0 amide bonds. The van der Waals surface area contributed by atoms with Gasteiger partial charge in [0.25, 0.3) is 0 Å². The summed E-state index contributed by atoms with van der Waals surface area (Å²) in [6.07, 6.45) is 0.382. The summed E-state index contributed by atoms with van der Waals surface area (Å²) in [5.74, 6) is 0. The molecule has 11 heavy (non-hydrogen) atoms. The number of aliphatic hydroxyl groups is 1. The van der Waals surface area contributed by atoms with E-state index in [2.05, 4.69) is 4.18 Å². The molecule has 0 aliphatic heterocycles. The van der Waals surface area contributed by atoms with Gasteiger partial charge in [-0.2, -0.15) is 8.42 Å². The van der Waals surface area contributed by atoms with Crippen molar-refractivity contribution in [2.45, 2.75) is 25.9 Å². The lowest BCUT2D eigenvalue weighted by Crippen LogP contribution is -2.07. The van der Waals surface area contributed by atoms with Crippen molar-refractivity contribution in [3.05, 3.63) is 0 Å². The molecule has 0 aliphatic carbocycles. The molecule has 0 spiro atoms. The highest BCUT2D eigenvalue weighted by molar-refractivity contribution is 7.80. The Kier molecular flexibility index (Phi) is 4.58. The van der Waals surface area contributed by atoms with Crippen molar-refractivity contribution in [2.75, 3.05) is 6.61 Å².